The Morgan fingerprint density at radius 2 is 2.25 bits per heavy atom. The number of rotatable bonds is 8. The molecule has 2 atom stereocenters. The van der Waals surface area contributed by atoms with E-state index in [0.29, 0.717) is 6.42 Å². The highest BCUT2D eigenvalue weighted by molar-refractivity contribution is 5.82. The van der Waals surface area contributed by atoms with Crippen molar-refractivity contribution in [1.29, 1.82) is 0 Å². The van der Waals surface area contributed by atoms with Gasteiger partial charge in [0.05, 0.1) is 25.5 Å². The lowest BCUT2D eigenvalue weighted by molar-refractivity contribution is -0.140. The number of aromatic amines is 1. The van der Waals surface area contributed by atoms with Gasteiger partial charge >= 0.3 is 12.0 Å². The number of aliphatic carboxylic acids is 1. The molecule has 130 valence electrons. The number of aromatic nitrogens is 4. The number of aliphatic hydroxyl groups is 1. The maximum atomic E-state index is 11.5. The Balaban J connectivity index is 1.83. The van der Waals surface area contributed by atoms with Gasteiger partial charge in [-0.15, -0.1) is 0 Å². The van der Waals surface area contributed by atoms with Gasteiger partial charge in [0.1, 0.15) is 0 Å². The van der Waals surface area contributed by atoms with Crippen molar-refractivity contribution in [2.45, 2.75) is 25.0 Å². The van der Waals surface area contributed by atoms with E-state index >= 15 is 0 Å². The lowest BCUT2D eigenvalue weighted by Gasteiger charge is -2.11. The van der Waals surface area contributed by atoms with Gasteiger partial charge in [0.25, 0.3) is 0 Å². The van der Waals surface area contributed by atoms with Crippen molar-refractivity contribution >= 4 is 12.0 Å². The number of imidazole rings is 1. The van der Waals surface area contributed by atoms with Gasteiger partial charge in [-0.25, -0.2) is 14.6 Å². The summed E-state index contributed by atoms with van der Waals surface area (Å²) >= 11 is 0. The van der Waals surface area contributed by atoms with Crippen LogP contribution in [-0.2, 0) is 17.8 Å². The number of carboxylic acid groups (broad SMARTS) is 1. The molecule has 0 bridgehead atoms. The maximum absolute atomic E-state index is 11.5. The van der Waals surface area contributed by atoms with Crippen LogP contribution in [0.3, 0.4) is 0 Å². The Morgan fingerprint density at radius 1 is 1.46 bits per heavy atom. The summed E-state index contributed by atoms with van der Waals surface area (Å²) in [6.45, 7) is -0.844. The predicted octanol–water partition coefficient (Wildman–Crippen LogP) is -1.72. The Bertz CT molecular complexity index is 671. The average Bonchev–Trinajstić information content (AvgIpc) is 3.21. The second-order valence-corrected chi connectivity index (χ2v) is 4.83. The summed E-state index contributed by atoms with van der Waals surface area (Å²) in [7, 11) is 0. The van der Waals surface area contributed by atoms with Crippen molar-refractivity contribution in [2.24, 2.45) is 5.73 Å². The third-order valence-corrected chi connectivity index (χ3v) is 3.00. The standard InChI is InChI=1S/C12H17N7O5/c13-7(1-6-2-14-5-16-6)10-18-9(24-19-10)3-15-12(23)17-8(4-20)11(21)22/h2,5,7-8,20H,1,3-4,13H2,(H,14,16)(H,21,22)(H2,15,17,23)/t7-,8-/m0/s1. The van der Waals surface area contributed by atoms with E-state index in [1.165, 1.54) is 6.33 Å². The number of H-pyrrole nitrogens is 1. The molecule has 2 amide bonds. The van der Waals surface area contributed by atoms with Crippen LogP contribution in [0.4, 0.5) is 4.79 Å². The second-order valence-electron chi connectivity index (χ2n) is 4.83. The molecule has 12 heteroatoms. The zero-order valence-corrected chi connectivity index (χ0v) is 12.5. The summed E-state index contributed by atoms with van der Waals surface area (Å²) in [5, 5.41) is 25.7. The van der Waals surface area contributed by atoms with Crippen molar-refractivity contribution in [3.8, 4) is 0 Å². The van der Waals surface area contributed by atoms with Gasteiger partial charge in [-0.3, -0.25) is 0 Å². The molecule has 0 aliphatic rings. The zero-order valence-electron chi connectivity index (χ0n) is 12.5. The first-order valence-corrected chi connectivity index (χ1v) is 6.93. The molecule has 2 aromatic heterocycles. The van der Waals surface area contributed by atoms with Crippen molar-refractivity contribution in [3.63, 3.8) is 0 Å². The quantitative estimate of drug-likeness (QED) is 0.324. The molecule has 24 heavy (non-hydrogen) atoms. The van der Waals surface area contributed by atoms with Gasteiger partial charge < -0.3 is 36.1 Å². The molecule has 7 N–H and O–H groups in total. The van der Waals surface area contributed by atoms with Crippen molar-refractivity contribution in [2.75, 3.05) is 6.61 Å². The molecule has 0 radical (unpaired) electrons. The van der Waals surface area contributed by atoms with Crippen LogP contribution in [0.5, 0.6) is 0 Å². The predicted molar refractivity (Wildman–Crippen MR) is 77.4 cm³/mol. The second kappa shape index (κ2) is 8.03. The smallest absolute Gasteiger partial charge is 0.328 e. The number of carbonyl (C=O) groups excluding carboxylic acids is 1. The van der Waals surface area contributed by atoms with E-state index in [-0.39, 0.29) is 18.3 Å². The van der Waals surface area contributed by atoms with E-state index in [4.69, 9.17) is 20.5 Å². The number of nitrogens with zero attached hydrogens (tertiary/aromatic N) is 3. The summed E-state index contributed by atoms with van der Waals surface area (Å²) in [5.41, 5.74) is 6.76. The lowest BCUT2D eigenvalue weighted by atomic mass is 10.2. The number of aliphatic hydroxyl groups excluding tert-OH is 1. The number of urea groups is 1. The highest BCUT2D eigenvalue weighted by atomic mass is 16.5. The molecule has 2 heterocycles. The Kier molecular flexibility index (Phi) is 5.81. The largest absolute Gasteiger partial charge is 0.480 e. The topological polar surface area (TPSA) is 192 Å². The number of carboxylic acids is 1. The molecule has 2 rings (SSSR count). The first-order valence-electron chi connectivity index (χ1n) is 6.93. The lowest BCUT2D eigenvalue weighted by Crippen LogP contribution is -2.47. The van der Waals surface area contributed by atoms with Gasteiger partial charge in [-0.05, 0) is 0 Å². The maximum Gasteiger partial charge on any atom is 0.328 e. The summed E-state index contributed by atoms with van der Waals surface area (Å²) < 4.78 is 4.96. The molecule has 0 unspecified atom stereocenters. The highest BCUT2D eigenvalue weighted by Gasteiger charge is 2.19. The molecule has 0 aliphatic carbocycles. The molecule has 0 saturated heterocycles. The fraction of sp³-hybridized carbons (Fsp3) is 0.417. The fourth-order valence-corrected chi connectivity index (χ4v) is 1.77. The van der Waals surface area contributed by atoms with Gasteiger partial charge in [0.2, 0.25) is 5.89 Å². The van der Waals surface area contributed by atoms with E-state index in [1.807, 2.05) is 0 Å². The van der Waals surface area contributed by atoms with Gasteiger partial charge in [0, 0.05) is 18.3 Å². The van der Waals surface area contributed by atoms with E-state index in [0.717, 1.165) is 5.69 Å². The van der Waals surface area contributed by atoms with Crippen LogP contribution >= 0.6 is 0 Å². The molecule has 0 aliphatic heterocycles. The number of hydrogen-bond acceptors (Lipinski definition) is 8. The summed E-state index contributed by atoms with van der Waals surface area (Å²) in [5.74, 6) is -0.978. The highest BCUT2D eigenvalue weighted by Crippen LogP contribution is 2.11. The fourth-order valence-electron chi connectivity index (χ4n) is 1.77. The van der Waals surface area contributed by atoms with Crippen LogP contribution in [0, 0.1) is 0 Å². The molecular formula is C12H17N7O5. The molecule has 12 nitrogen and oxygen atoms in total. The van der Waals surface area contributed by atoms with E-state index < -0.39 is 30.7 Å². The number of nitrogens with two attached hydrogens (primary N) is 1. The summed E-state index contributed by atoms with van der Waals surface area (Å²) in [4.78, 5) is 33.0. The first-order chi connectivity index (χ1) is 11.5. The van der Waals surface area contributed by atoms with Gasteiger partial charge in [0.15, 0.2) is 11.9 Å². The molecule has 0 spiro atoms. The first kappa shape index (κ1) is 17.4. The molecule has 0 fully saturated rings. The molecular weight excluding hydrogens is 322 g/mol. The Morgan fingerprint density at radius 3 is 2.88 bits per heavy atom. The van der Waals surface area contributed by atoms with Crippen LogP contribution in [0.2, 0.25) is 0 Å². The Labute approximate surface area is 135 Å². The number of nitrogens with one attached hydrogen (secondary N) is 3. The van der Waals surface area contributed by atoms with Crippen molar-refractivity contribution in [3.05, 3.63) is 29.9 Å². The average molecular weight is 339 g/mol. The third kappa shape index (κ3) is 4.76. The van der Waals surface area contributed by atoms with Crippen LogP contribution in [-0.4, -0.2) is 55.0 Å². The Hall–Kier alpha value is -2.99. The van der Waals surface area contributed by atoms with E-state index in [9.17, 15) is 9.59 Å². The molecule has 0 aromatic carbocycles. The summed E-state index contributed by atoms with van der Waals surface area (Å²) in [6.07, 6.45) is 3.60. The SMILES string of the molecule is N[C@@H](Cc1cnc[nH]1)c1noc(CNC(=O)N[C@@H](CO)C(=O)O)n1. The van der Waals surface area contributed by atoms with Crippen LogP contribution in [0.15, 0.2) is 17.0 Å². The normalized spacial score (nSPS) is 13.2. The zero-order chi connectivity index (χ0) is 17.5. The minimum Gasteiger partial charge on any atom is -0.480 e. The molecule has 2 aromatic rings. The van der Waals surface area contributed by atoms with Crippen LogP contribution < -0.4 is 16.4 Å². The molecule has 0 saturated carbocycles. The van der Waals surface area contributed by atoms with E-state index in [1.54, 1.807) is 6.20 Å². The van der Waals surface area contributed by atoms with E-state index in [2.05, 4.69) is 30.7 Å². The van der Waals surface area contributed by atoms with Crippen molar-refractivity contribution < 1.29 is 24.3 Å². The third-order valence-electron chi connectivity index (χ3n) is 3.00. The summed E-state index contributed by atoms with van der Waals surface area (Å²) in [6, 6.07) is -2.70. The number of hydrogen-bond donors (Lipinski definition) is 6. The van der Waals surface area contributed by atoms with Crippen LogP contribution in [0.1, 0.15) is 23.5 Å². The minimum atomic E-state index is -1.40. The number of carbonyl (C=O) groups is 2. The van der Waals surface area contributed by atoms with Gasteiger partial charge in [-0.2, -0.15) is 4.98 Å². The minimum absolute atomic E-state index is 0.107. The van der Waals surface area contributed by atoms with Crippen molar-refractivity contribution in [1.82, 2.24) is 30.7 Å². The van der Waals surface area contributed by atoms with Gasteiger partial charge in [-0.1, -0.05) is 5.16 Å². The monoisotopic (exact) mass is 339 g/mol. The number of amides is 2. The van der Waals surface area contributed by atoms with Crippen LogP contribution in [0.25, 0.3) is 0 Å².